The summed E-state index contributed by atoms with van der Waals surface area (Å²) in [6.07, 6.45) is 6.76. The zero-order valence-corrected chi connectivity index (χ0v) is 17.8. The first-order valence-electron chi connectivity index (χ1n) is 10.2. The zero-order valence-electron chi connectivity index (χ0n) is 16.2. The van der Waals surface area contributed by atoms with E-state index in [-0.39, 0.29) is 17.9 Å². The molecule has 0 aromatic carbocycles. The van der Waals surface area contributed by atoms with Gasteiger partial charge in [-0.05, 0) is 75.8 Å². The smallest absolute Gasteiger partial charge is 0.252 e. The van der Waals surface area contributed by atoms with Crippen molar-refractivity contribution in [3.63, 3.8) is 0 Å². The first kappa shape index (κ1) is 19.4. The van der Waals surface area contributed by atoms with Gasteiger partial charge in [0.25, 0.3) is 10.0 Å². The van der Waals surface area contributed by atoms with E-state index >= 15 is 0 Å². The Hall–Kier alpha value is -0.920. The Morgan fingerprint density at radius 1 is 1.26 bits per heavy atom. The van der Waals surface area contributed by atoms with Gasteiger partial charge < -0.3 is 5.32 Å². The van der Waals surface area contributed by atoms with E-state index in [0.29, 0.717) is 23.2 Å². The maximum Gasteiger partial charge on any atom is 0.252 e. The third kappa shape index (κ3) is 3.83. The molecule has 5 unspecified atom stereocenters. The molecule has 2 bridgehead atoms. The van der Waals surface area contributed by atoms with Crippen LogP contribution in [0.15, 0.2) is 16.3 Å². The molecule has 5 nitrogen and oxygen atoms in total. The third-order valence-corrected chi connectivity index (χ3v) is 10.2. The van der Waals surface area contributed by atoms with E-state index in [0.717, 1.165) is 29.6 Å². The number of nitrogens with one attached hydrogen (secondary N) is 1. The van der Waals surface area contributed by atoms with Crippen LogP contribution in [0.2, 0.25) is 0 Å². The molecule has 150 valence electrons. The number of rotatable bonds is 5. The number of amides is 1. The van der Waals surface area contributed by atoms with Crippen LogP contribution in [-0.2, 0) is 14.8 Å². The number of nitrogens with zero attached hydrogens (tertiary/aromatic N) is 1. The summed E-state index contributed by atoms with van der Waals surface area (Å²) < 4.78 is 27.7. The molecule has 0 radical (unpaired) electrons. The Morgan fingerprint density at radius 3 is 2.70 bits per heavy atom. The van der Waals surface area contributed by atoms with Crippen molar-refractivity contribution in [3.8, 4) is 0 Å². The van der Waals surface area contributed by atoms with Gasteiger partial charge in [-0.25, -0.2) is 8.42 Å². The Morgan fingerprint density at radius 2 is 2.07 bits per heavy atom. The van der Waals surface area contributed by atoms with E-state index in [1.165, 1.54) is 41.3 Å². The van der Waals surface area contributed by atoms with E-state index in [1.54, 1.807) is 6.07 Å². The first-order chi connectivity index (χ1) is 12.8. The number of carbonyl (C=O) groups is 1. The van der Waals surface area contributed by atoms with E-state index in [1.807, 2.05) is 13.0 Å². The van der Waals surface area contributed by atoms with Crippen LogP contribution in [0.1, 0.15) is 50.3 Å². The number of aryl methyl sites for hydroxylation is 1. The Kier molecular flexibility index (Phi) is 5.38. The second-order valence-corrected chi connectivity index (χ2v) is 12.2. The summed E-state index contributed by atoms with van der Waals surface area (Å²) in [5.74, 6) is 2.04. The van der Waals surface area contributed by atoms with E-state index < -0.39 is 10.0 Å². The molecular weight excluding hydrogens is 380 g/mol. The lowest BCUT2D eigenvalue weighted by atomic mass is 9.83. The van der Waals surface area contributed by atoms with Gasteiger partial charge in [0.2, 0.25) is 5.91 Å². The van der Waals surface area contributed by atoms with Gasteiger partial charge in [0, 0.05) is 24.0 Å². The number of fused-ring (bicyclic) bond motifs is 2. The van der Waals surface area contributed by atoms with Crippen LogP contribution < -0.4 is 5.32 Å². The summed E-state index contributed by atoms with van der Waals surface area (Å²) in [6, 6.07) is 3.71. The molecule has 2 heterocycles. The molecule has 7 heteroatoms. The number of hydrogen-bond donors (Lipinski definition) is 1. The minimum Gasteiger partial charge on any atom is -0.353 e. The Bertz CT molecular complexity index is 804. The zero-order chi connectivity index (χ0) is 19.2. The predicted octanol–water partition coefficient (Wildman–Crippen LogP) is 3.40. The van der Waals surface area contributed by atoms with Crippen LogP contribution in [0.3, 0.4) is 0 Å². The van der Waals surface area contributed by atoms with Gasteiger partial charge in [-0.3, -0.25) is 4.79 Å². The van der Waals surface area contributed by atoms with Crippen molar-refractivity contribution in [2.24, 2.45) is 23.7 Å². The van der Waals surface area contributed by atoms with Gasteiger partial charge in [-0.1, -0.05) is 6.42 Å². The minimum absolute atomic E-state index is 0.0348. The number of carbonyl (C=O) groups excluding carboxylic acids is 1. The van der Waals surface area contributed by atoms with E-state index in [9.17, 15) is 13.2 Å². The molecule has 3 aliphatic rings. The quantitative estimate of drug-likeness (QED) is 0.809. The molecule has 27 heavy (non-hydrogen) atoms. The lowest BCUT2D eigenvalue weighted by Crippen LogP contribution is -2.48. The Balaban J connectivity index is 1.38. The maximum absolute atomic E-state index is 12.9. The summed E-state index contributed by atoms with van der Waals surface area (Å²) in [6.45, 7) is 4.85. The Labute approximate surface area is 166 Å². The van der Waals surface area contributed by atoms with Crippen LogP contribution in [0.5, 0.6) is 0 Å². The van der Waals surface area contributed by atoms with E-state index in [4.69, 9.17) is 0 Å². The second-order valence-electron chi connectivity index (χ2n) is 8.70. The SMILES string of the molecule is Cc1ccc(S(=O)(=O)N2CCCC(C(=O)NC(C)C3CC4CCC3C4)C2)s1. The molecule has 1 aromatic rings. The molecule has 0 spiro atoms. The molecule has 2 aliphatic carbocycles. The van der Waals surface area contributed by atoms with Crippen molar-refractivity contribution in [2.75, 3.05) is 13.1 Å². The lowest BCUT2D eigenvalue weighted by Gasteiger charge is -2.33. The van der Waals surface area contributed by atoms with Crippen LogP contribution in [0.4, 0.5) is 0 Å². The average Bonchev–Trinajstić information content (AvgIpc) is 3.38. The highest BCUT2D eigenvalue weighted by molar-refractivity contribution is 7.91. The van der Waals surface area contributed by atoms with Gasteiger partial charge >= 0.3 is 0 Å². The van der Waals surface area contributed by atoms with Gasteiger partial charge in [-0.2, -0.15) is 4.31 Å². The van der Waals surface area contributed by atoms with Crippen molar-refractivity contribution in [1.82, 2.24) is 9.62 Å². The normalized spacial score (nSPS) is 32.5. The molecule has 4 rings (SSSR count). The lowest BCUT2D eigenvalue weighted by molar-refractivity contribution is -0.127. The molecule has 1 amide bonds. The van der Waals surface area contributed by atoms with Crippen molar-refractivity contribution >= 4 is 27.3 Å². The predicted molar refractivity (Wildman–Crippen MR) is 107 cm³/mol. The fraction of sp³-hybridized carbons (Fsp3) is 0.750. The number of hydrogen-bond acceptors (Lipinski definition) is 4. The molecule has 1 aromatic heterocycles. The van der Waals surface area contributed by atoms with Crippen molar-refractivity contribution < 1.29 is 13.2 Å². The van der Waals surface area contributed by atoms with Gasteiger partial charge in [-0.15, -0.1) is 11.3 Å². The van der Waals surface area contributed by atoms with Crippen molar-refractivity contribution in [2.45, 2.75) is 62.6 Å². The number of piperidine rings is 1. The average molecular weight is 411 g/mol. The first-order valence-corrected chi connectivity index (χ1v) is 12.5. The molecule has 5 atom stereocenters. The van der Waals surface area contributed by atoms with Crippen molar-refractivity contribution in [3.05, 3.63) is 17.0 Å². The summed E-state index contributed by atoms with van der Waals surface area (Å²) >= 11 is 1.30. The second kappa shape index (κ2) is 7.48. The van der Waals surface area contributed by atoms with Crippen molar-refractivity contribution in [1.29, 1.82) is 0 Å². The van der Waals surface area contributed by atoms with Crippen LogP contribution >= 0.6 is 11.3 Å². The van der Waals surface area contributed by atoms with E-state index in [2.05, 4.69) is 12.2 Å². The largest absolute Gasteiger partial charge is 0.353 e. The van der Waals surface area contributed by atoms with Gasteiger partial charge in [0.15, 0.2) is 0 Å². The fourth-order valence-electron chi connectivity index (χ4n) is 5.41. The monoisotopic (exact) mass is 410 g/mol. The maximum atomic E-state index is 12.9. The van der Waals surface area contributed by atoms with Crippen LogP contribution in [0, 0.1) is 30.6 Å². The molecular formula is C20H30N2O3S2. The highest BCUT2D eigenvalue weighted by Gasteiger charge is 2.43. The topological polar surface area (TPSA) is 66.5 Å². The molecule has 1 aliphatic heterocycles. The summed E-state index contributed by atoms with van der Waals surface area (Å²) in [7, 11) is -3.49. The summed E-state index contributed by atoms with van der Waals surface area (Å²) in [4.78, 5) is 13.8. The van der Waals surface area contributed by atoms with Crippen LogP contribution in [0.25, 0.3) is 0 Å². The third-order valence-electron chi connectivity index (χ3n) is 6.87. The molecule has 2 saturated carbocycles. The van der Waals surface area contributed by atoms with Gasteiger partial charge in [0.1, 0.15) is 4.21 Å². The molecule has 3 fully saturated rings. The fourth-order valence-corrected chi connectivity index (χ4v) is 8.37. The highest BCUT2D eigenvalue weighted by atomic mass is 32.2. The van der Waals surface area contributed by atoms with Crippen LogP contribution in [-0.4, -0.2) is 37.8 Å². The summed E-state index contributed by atoms with van der Waals surface area (Å²) in [5.41, 5.74) is 0. The van der Waals surface area contributed by atoms with Gasteiger partial charge in [0.05, 0.1) is 5.92 Å². The highest BCUT2D eigenvalue weighted by Crippen LogP contribution is 2.49. The number of sulfonamides is 1. The molecule has 1 saturated heterocycles. The summed E-state index contributed by atoms with van der Waals surface area (Å²) in [5, 5.41) is 3.23. The molecule has 1 N–H and O–H groups in total. The standard InChI is InChI=1S/C20H30N2O3S2/c1-13-5-8-19(26-13)27(24,25)22-9-3-4-17(12-22)20(23)21-14(2)18-11-15-6-7-16(18)10-15/h5,8,14-18H,3-4,6-7,9-12H2,1-2H3,(H,21,23). The minimum atomic E-state index is -3.49. The number of thiophene rings is 1.